The van der Waals surface area contributed by atoms with Gasteiger partial charge in [0.2, 0.25) is 0 Å². The lowest BCUT2D eigenvalue weighted by atomic mass is 10.1. The lowest BCUT2D eigenvalue weighted by Gasteiger charge is -2.08. The smallest absolute Gasteiger partial charge is 0.295 e. The first kappa shape index (κ1) is 16.4. The Labute approximate surface area is 119 Å². The van der Waals surface area contributed by atoms with Crippen LogP contribution in [0, 0.1) is 17.0 Å². The Kier molecular flexibility index (Phi) is 7.60. The van der Waals surface area contributed by atoms with Gasteiger partial charge in [-0.05, 0) is 25.8 Å². The van der Waals surface area contributed by atoms with Crippen molar-refractivity contribution < 1.29 is 14.4 Å². The maximum Gasteiger partial charge on any atom is 0.295 e. The lowest BCUT2D eigenvalue weighted by Crippen LogP contribution is -2.07. The van der Waals surface area contributed by atoms with Crippen LogP contribution in [0.3, 0.4) is 0 Å². The van der Waals surface area contributed by atoms with Gasteiger partial charge >= 0.3 is 0 Å². The van der Waals surface area contributed by atoms with Gasteiger partial charge in [0.25, 0.3) is 5.69 Å². The van der Waals surface area contributed by atoms with Crippen molar-refractivity contribution in [3.63, 3.8) is 0 Å². The van der Waals surface area contributed by atoms with E-state index in [1.165, 1.54) is 0 Å². The summed E-state index contributed by atoms with van der Waals surface area (Å²) in [5.41, 5.74) is 1.40. The standard InChI is InChI=1S/C14H22N2O4/c1-12-6-5-7-13(14(12)16(17)18)15-8-3-4-9-20-11-10-19-2/h5-7,15H,3-4,8-11H2,1-2H3. The molecule has 0 bridgehead atoms. The second kappa shape index (κ2) is 9.28. The molecule has 112 valence electrons. The van der Waals surface area contributed by atoms with Crippen LogP contribution < -0.4 is 5.32 Å². The second-order valence-corrected chi connectivity index (χ2v) is 4.47. The second-order valence-electron chi connectivity index (χ2n) is 4.47. The van der Waals surface area contributed by atoms with Crippen LogP contribution in [0.25, 0.3) is 0 Å². The van der Waals surface area contributed by atoms with E-state index in [1.54, 1.807) is 26.2 Å². The summed E-state index contributed by atoms with van der Waals surface area (Å²) in [5.74, 6) is 0. The number of nitro benzene ring substituents is 1. The monoisotopic (exact) mass is 282 g/mol. The number of benzene rings is 1. The van der Waals surface area contributed by atoms with Gasteiger partial charge in [0.1, 0.15) is 5.69 Å². The molecule has 0 amide bonds. The van der Waals surface area contributed by atoms with E-state index in [1.807, 2.05) is 6.07 Å². The number of hydrogen-bond donors (Lipinski definition) is 1. The first-order chi connectivity index (χ1) is 9.66. The maximum absolute atomic E-state index is 11.0. The summed E-state index contributed by atoms with van der Waals surface area (Å²) in [6.45, 7) is 4.33. The molecule has 0 saturated heterocycles. The van der Waals surface area contributed by atoms with Crippen molar-refractivity contribution >= 4 is 11.4 Å². The first-order valence-corrected chi connectivity index (χ1v) is 6.71. The third-order valence-electron chi connectivity index (χ3n) is 2.88. The summed E-state index contributed by atoms with van der Waals surface area (Å²) < 4.78 is 10.2. The minimum Gasteiger partial charge on any atom is -0.382 e. The number of methoxy groups -OCH3 is 1. The number of nitro groups is 1. The van der Waals surface area contributed by atoms with Crippen LogP contribution in [0.5, 0.6) is 0 Å². The van der Waals surface area contributed by atoms with E-state index >= 15 is 0 Å². The van der Waals surface area contributed by atoms with Gasteiger partial charge < -0.3 is 14.8 Å². The number of rotatable bonds is 10. The van der Waals surface area contributed by atoms with Gasteiger partial charge in [0.05, 0.1) is 18.1 Å². The molecule has 6 nitrogen and oxygen atoms in total. The minimum absolute atomic E-state index is 0.156. The van der Waals surface area contributed by atoms with Gasteiger partial charge in [0.15, 0.2) is 0 Å². The van der Waals surface area contributed by atoms with Gasteiger partial charge in [0, 0.05) is 25.8 Å². The van der Waals surface area contributed by atoms with Crippen molar-refractivity contribution in [3.8, 4) is 0 Å². The van der Waals surface area contributed by atoms with Crippen molar-refractivity contribution in [2.75, 3.05) is 38.8 Å². The van der Waals surface area contributed by atoms with E-state index in [4.69, 9.17) is 9.47 Å². The highest BCUT2D eigenvalue weighted by molar-refractivity contribution is 5.64. The number of anilines is 1. The number of hydrogen-bond acceptors (Lipinski definition) is 5. The van der Waals surface area contributed by atoms with E-state index in [-0.39, 0.29) is 10.6 Å². The first-order valence-electron chi connectivity index (χ1n) is 6.71. The van der Waals surface area contributed by atoms with Crippen LogP contribution >= 0.6 is 0 Å². The Morgan fingerprint density at radius 3 is 2.75 bits per heavy atom. The molecule has 1 N–H and O–H groups in total. The van der Waals surface area contributed by atoms with Crippen molar-refractivity contribution in [2.24, 2.45) is 0 Å². The highest BCUT2D eigenvalue weighted by atomic mass is 16.6. The predicted molar refractivity (Wildman–Crippen MR) is 78.3 cm³/mol. The molecule has 0 aliphatic heterocycles. The third kappa shape index (κ3) is 5.54. The van der Waals surface area contributed by atoms with E-state index < -0.39 is 0 Å². The van der Waals surface area contributed by atoms with Crippen molar-refractivity contribution in [1.29, 1.82) is 0 Å². The quantitative estimate of drug-likeness (QED) is 0.406. The van der Waals surface area contributed by atoms with Gasteiger partial charge in [-0.3, -0.25) is 10.1 Å². The fourth-order valence-electron chi connectivity index (χ4n) is 1.84. The number of aryl methyl sites for hydroxylation is 1. The largest absolute Gasteiger partial charge is 0.382 e. The molecule has 0 saturated carbocycles. The summed E-state index contributed by atoms with van der Waals surface area (Å²) in [5, 5.41) is 14.1. The van der Waals surface area contributed by atoms with E-state index in [2.05, 4.69) is 5.32 Å². The molecule has 0 atom stereocenters. The van der Waals surface area contributed by atoms with Crippen LogP contribution in [0.15, 0.2) is 18.2 Å². The molecule has 0 unspecified atom stereocenters. The molecule has 20 heavy (non-hydrogen) atoms. The van der Waals surface area contributed by atoms with E-state index in [0.717, 1.165) is 12.8 Å². The number of para-hydroxylation sites is 1. The SMILES string of the molecule is COCCOCCCCNc1cccc(C)c1[N+](=O)[O-]. The molecule has 6 heteroatoms. The molecular weight excluding hydrogens is 260 g/mol. The van der Waals surface area contributed by atoms with E-state index in [9.17, 15) is 10.1 Å². The molecule has 1 aromatic carbocycles. The molecule has 0 spiro atoms. The zero-order chi connectivity index (χ0) is 14.8. The van der Waals surface area contributed by atoms with Crippen molar-refractivity contribution in [3.05, 3.63) is 33.9 Å². The zero-order valence-electron chi connectivity index (χ0n) is 12.1. The maximum atomic E-state index is 11.0. The average molecular weight is 282 g/mol. The molecule has 0 heterocycles. The van der Waals surface area contributed by atoms with Gasteiger partial charge in [-0.15, -0.1) is 0 Å². The van der Waals surface area contributed by atoms with Crippen LogP contribution in [-0.4, -0.2) is 38.4 Å². The summed E-state index contributed by atoms with van der Waals surface area (Å²) in [7, 11) is 1.64. The summed E-state index contributed by atoms with van der Waals surface area (Å²) >= 11 is 0. The Morgan fingerprint density at radius 2 is 2.05 bits per heavy atom. The van der Waals surface area contributed by atoms with E-state index in [0.29, 0.717) is 37.6 Å². The minimum atomic E-state index is -0.342. The van der Waals surface area contributed by atoms with Crippen molar-refractivity contribution in [1.82, 2.24) is 0 Å². The fraction of sp³-hybridized carbons (Fsp3) is 0.571. The average Bonchev–Trinajstić information content (AvgIpc) is 2.41. The molecule has 0 aliphatic rings. The molecule has 0 aliphatic carbocycles. The number of unbranched alkanes of at least 4 members (excludes halogenated alkanes) is 1. The van der Waals surface area contributed by atoms with Crippen LogP contribution in [0.4, 0.5) is 11.4 Å². The predicted octanol–water partition coefficient (Wildman–Crippen LogP) is 2.76. The molecule has 0 radical (unpaired) electrons. The highest BCUT2D eigenvalue weighted by Crippen LogP contribution is 2.27. The molecule has 1 rings (SSSR count). The normalized spacial score (nSPS) is 10.5. The number of nitrogens with zero attached hydrogens (tertiary/aromatic N) is 1. The van der Waals surface area contributed by atoms with Gasteiger partial charge in [-0.25, -0.2) is 0 Å². The van der Waals surface area contributed by atoms with Crippen LogP contribution in [-0.2, 0) is 9.47 Å². The van der Waals surface area contributed by atoms with Crippen LogP contribution in [0.2, 0.25) is 0 Å². The molecule has 1 aromatic rings. The highest BCUT2D eigenvalue weighted by Gasteiger charge is 2.15. The Hall–Kier alpha value is -1.66. The summed E-state index contributed by atoms with van der Waals surface area (Å²) in [6, 6.07) is 5.30. The van der Waals surface area contributed by atoms with Crippen LogP contribution in [0.1, 0.15) is 18.4 Å². The molecule has 0 aromatic heterocycles. The Morgan fingerprint density at radius 1 is 1.25 bits per heavy atom. The lowest BCUT2D eigenvalue weighted by molar-refractivity contribution is -0.384. The Bertz CT molecular complexity index is 424. The van der Waals surface area contributed by atoms with Gasteiger partial charge in [-0.2, -0.15) is 0 Å². The topological polar surface area (TPSA) is 73.6 Å². The third-order valence-corrected chi connectivity index (χ3v) is 2.88. The fourth-order valence-corrected chi connectivity index (χ4v) is 1.84. The number of ether oxygens (including phenoxy) is 2. The molecular formula is C14H22N2O4. The molecule has 0 fully saturated rings. The summed E-state index contributed by atoms with van der Waals surface area (Å²) in [6.07, 6.45) is 1.81. The summed E-state index contributed by atoms with van der Waals surface area (Å²) in [4.78, 5) is 10.7. The van der Waals surface area contributed by atoms with Crippen molar-refractivity contribution in [2.45, 2.75) is 19.8 Å². The zero-order valence-corrected chi connectivity index (χ0v) is 12.1. The number of nitrogens with one attached hydrogen (secondary N) is 1. The Balaban J connectivity index is 2.29. The van der Waals surface area contributed by atoms with Gasteiger partial charge in [-0.1, -0.05) is 12.1 Å².